The second-order valence-electron chi connectivity index (χ2n) is 7.37. The van der Waals surface area contributed by atoms with E-state index in [0.717, 1.165) is 39.4 Å². The second-order valence-corrected chi connectivity index (χ2v) is 7.37. The van der Waals surface area contributed by atoms with Crippen molar-refractivity contribution in [1.29, 1.82) is 0 Å². The lowest BCUT2D eigenvalue weighted by molar-refractivity contribution is 0.290. The summed E-state index contributed by atoms with van der Waals surface area (Å²) in [6, 6.07) is 11.4. The Morgan fingerprint density at radius 2 is 2.06 bits per heavy atom. The fraction of sp³-hybridized carbons (Fsp3) is 0.182. The molecule has 5 rings (SSSR count). The van der Waals surface area contributed by atoms with Gasteiger partial charge in [0, 0.05) is 36.7 Å². The maximum Gasteiger partial charge on any atom is 0.229 e. The SMILES string of the molecule is Cl.Cn1ncc2ccc(Nc3ncc(F)c(N(CCCO)c4cccc5[nH]ncc45)n3)cc21. The van der Waals surface area contributed by atoms with Gasteiger partial charge in [-0.2, -0.15) is 15.2 Å². The van der Waals surface area contributed by atoms with Gasteiger partial charge in [0.1, 0.15) is 0 Å². The first-order valence-corrected chi connectivity index (χ1v) is 10.2. The lowest BCUT2D eigenvalue weighted by atomic mass is 10.2. The molecule has 0 amide bonds. The highest BCUT2D eigenvalue weighted by molar-refractivity contribution is 5.93. The minimum absolute atomic E-state index is 0. The van der Waals surface area contributed by atoms with Crippen LogP contribution in [0.15, 0.2) is 55.0 Å². The molecule has 3 heterocycles. The minimum Gasteiger partial charge on any atom is -0.396 e. The lowest BCUT2D eigenvalue weighted by Gasteiger charge is -2.25. The van der Waals surface area contributed by atoms with Crippen LogP contribution in [0.25, 0.3) is 21.8 Å². The Hall–Kier alpha value is -3.76. The number of benzene rings is 2. The number of fused-ring (bicyclic) bond motifs is 2. The van der Waals surface area contributed by atoms with Gasteiger partial charge in [0.25, 0.3) is 0 Å². The average molecular weight is 469 g/mol. The molecule has 0 unspecified atom stereocenters. The smallest absolute Gasteiger partial charge is 0.229 e. The Balaban J connectivity index is 0.00000259. The molecule has 0 spiro atoms. The summed E-state index contributed by atoms with van der Waals surface area (Å²) in [6.07, 6.45) is 5.07. The molecule has 0 aliphatic carbocycles. The highest BCUT2D eigenvalue weighted by atomic mass is 35.5. The Kier molecular flexibility index (Phi) is 6.38. The molecule has 0 bridgehead atoms. The van der Waals surface area contributed by atoms with Crippen molar-refractivity contribution in [3.05, 3.63) is 60.8 Å². The van der Waals surface area contributed by atoms with Crippen LogP contribution in [-0.2, 0) is 7.05 Å². The van der Waals surface area contributed by atoms with Crippen LogP contribution in [0.5, 0.6) is 0 Å². The molecule has 0 saturated carbocycles. The standard InChI is InChI=1S/C22H21FN8O.ClH/c1-30-20-10-15(7-6-14(20)11-26-30)27-22-24-13-17(23)21(28-22)31(8-3-9-32)19-5-2-4-18-16(19)12-25-29-18;/h2,4-7,10-13,32H,3,8-9H2,1H3,(H,25,29)(H,24,27,28);1H. The Labute approximate surface area is 194 Å². The van der Waals surface area contributed by atoms with E-state index in [2.05, 4.69) is 30.6 Å². The van der Waals surface area contributed by atoms with Gasteiger partial charge in [-0.1, -0.05) is 6.07 Å². The van der Waals surface area contributed by atoms with E-state index in [-0.39, 0.29) is 30.8 Å². The molecule has 170 valence electrons. The van der Waals surface area contributed by atoms with E-state index >= 15 is 0 Å². The van der Waals surface area contributed by atoms with Gasteiger partial charge in [0.15, 0.2) is 11.6 Å². The van der Waals surface area contributed by atoms with Crippen molar-refractivity contribution in [2.24, 2.45) is 7.05 Å². The molecule has 0 atom stereocenters. The van der Waals surface area contributed by atoms with E-state index in [1.165, 1.54) is 0 Å². The summed E-state index contributed by atoms with van der Waals surface area (Å²) in [5.41, 5.74) is 3.28. The second kappa shape index (κ2) is 9.39. The number of aryl methyl sites for hydroxylation is 1. The molecule has 11 heteroatoms. The molecule has 0 radical (unpaired) electrons. The summed E-state index contributed by atoms with van der Waals surface area (Å²) >= 11 is 0. The molecule has 33 heavy (non-hydrogen) atoms. The first-order chi connectivity index (χ1) is 15.6. The van der Waals surface area contributed by atoms with Gasteiger partial charge >= 0.3 is 0 Å². The Morgan fingerprint density at radius 3 is 2.91 bits per heavy atom. The fourth-order valence-electron chi connectivity index (χ4n) is 3.72. The van der Waals surface area contributed by atoms with Crippen molar-refractivity contribution in [2.45, 2.75) is 6.42 Å². The molecule has 0 aliphatic heterocycles. The number of nitrogens with zero attached hydrogens (tertiary/aromatic N) is 6. The maximum atomic E-state index is 14.9. The van der Waals surface area contributed by atoms with Crippen molar-refractivity contribution in [2.75, 3.05) is 23.4 Å². The summed E-state index contributed by atoms with van der Waals surface area (Å²) < 4.78 is 16.7. The van der Waals surface area contributed by atoms with Gasteiger partial charge in [-0.05, 0) is 36.8 Å². The fourth-order valence-corrected chi connectivity index (χ4v) is 3.72. The van der Waals surface area contributed by atoms with E-state index in [0.29, 0.717) is 13.0 Å². The molecule has 3 N–H and O–H groups in total. The molecule has 9 nitrogen and oxygen atoms in total. The van der Waals surface area contributed by atoms with Crippen LogP contribution in [0.4, 0.5) is 27.5 Å². The van der Waals surface area contributed by atoms with Gasteiger partial charge in [0.05, 0.1) is 35.3 Å². The molecule has 0 saturated heterocycles. The van der Waals surface area contributed by atoms with Gasteiger partial charge < -0.3 is 15.3 Å². The number of halogens is 2. The third-order valence-corrected chi connectivity index (χ3v) is 5.28. The van der Waals surface area contributed by atoms with Crippen LogP contribution in [-0.4, -0.2) is 48.2 Å². The monoisotopic (exact) mass is 468 g/mol. The summed E-state index contributed by atoms with van der Waals surface area (Å²) in [5.74, 6) is -0.182. The van der Waals surface area contributed by atoms with Gasteiger partial charge in [-0.25, -0.2) is 9.37 Å². The van der Waals surface area contributed by atoms with Crippen LogP contribution in [0.1, 0.15) is 6.42 Å². The normalized spacial score (nSPS) is 11.0. The van der Waals surface area contributed by atoms with Crippen molar-refractivity contribution in [1.82, 2.24) is 29.9 Å². The molecule has 5 aromatic rings. The summed E-state index contributed by atoms with van der Waals surface area (Å²) in [7, 11) is 1.87. The van der Waals surface area contributed by atoms with E-state index in [4.69, 9.17) is 0 Å². The molecule has 0 aliphatic rings. The van der Waals surface area contributed by atoms with Gasteiger partial charge in [0.2, 0.25) is 5.95 Å². The number of H-pyrrole nitrogens is 1. The van der Waals surface area contributed by atoms with Crippen molar-refractivity contribution >= 4 is 57.4 Å². The largest absolute Gasteiger partial charge is 0.396 e. The Morgan fingerprint density at radius 1 is 1.18 bits per heavy atom. The predicted molar refractivity (Wildman–Crippen MR) is 128 cm³/mol. The number of aromatic nitrogens is 6. The molecule has 3 aromatic heterocycles. The van der Waals surface area contributed by atoms with Crippen LogP contribution < -0.4 is 10.2 Å². The lowest BCUT2D eigenvalue weighted by Crippen LogP contribution is -2.22. The summed E-state index contributed by atoms with van der Waals surface area (Å²) in [4.78, 5) is 10.3. The molecule has 2 aromatic carbocycles. The number of aliphatic hydroxyl groups is 1. The first-order valence-electron chi connectivity index (χ1n) is 10.2. The Bertz CT molecular complexity index is 1400. The predicted octanol–water partition coefficient (Wildman–Crippen LogP) is 4.06. The van der Waals surface area contributed by atoms with E-state index in [1.807, 2.05) is 43.4 Å². The highest BCUT2D eigenvalue weighted by Gasteiger charge is 2.19. The van der Waals surface area contributed by atoms with Crippen LogP contribution in [0.2, 0.25) is 0 Å². The van der Waals surface area contributed by atoms with E-state index in [9.17, 15) is 9.50 Å². The first kappa shape index (κ1) is 22.4. The summed E-state index contributed by atoms with van der Waals surface area (Å²) in [5, 5.41) is 25.7. The zero-order valence-corrected chi connectivity index (χ0v) is 18.6. The topological polar surface area (TPSA) is 108 Å². The molecular formula is C22H22ClFN8O. The number of rotatable bonds is 7. The third kappa shape index (κ3) is 4.30. The minimum atomic E-state index is -0.559. The number of anilines is 4. The number of nitrogens with one attached hydrogen (secondary N) is 2. The molecular weight excluding hydrogens is 447 g/mol. The highest BCUT2D eigenvalue weighted by Crippen LogP contribution is 2.33. The van der Waals surface area contributed by atoms with Crippen molar-refractivity contribution < 1.29 is 9.50 Å². The van der Waals surface area contributed by atoms with Gasteiger partial charge in [-0.3, -0.25) is 9.78 Å². The number of aliphatic hydroxyl groups excluding tert-OH is 1. The van der Waals surface area contributed by atoms with Crippen molar-refractivity contribution in [3.63, 3.8) is 0 Å². The number of aromatic amines is 1. The van der Waals surface area contributed by atoms with Crippen LogP contribution >= 0.6 is 12.4 Å². The van der Waals surface area contributed by atoms with E-state index < -0.39 is 5.82 Å². The third-order valence-electron chi connectivity index (χ3n) is 5.28. The number of hydrogen-bond acceptors (Lipinski definition) is 7. The van der Waals surface area contributed by atoms with Crippen LogP contribution in [0, 0.1) is 5.82 Å². The summed E-state index contributed by atoms with van der Waals surface area (Å²) in [6.45, 7) is 0.343. The molecule has 0 fully saturated rings. The van der Waals surface area contributed by atoms with Crippen molar-refractivity contribution in [3.8, 4) is 0 Å². The average Bonchev–Trinajstić information content (AvgIpc) is 3.43. The number of hydrogen-bond donors (Lipinski definition) is 3. The quantitative estimate of drug-likeness (QED) is 0.330. The van der Waals surface area contributed by atoms with E-state index in [1.54, 1.807) is 22.0 Å². The zero-order chi connectivity index (χ0) is 22.1. The maximum absolute atomic E-state index is 14.9. The van der Waals surface area contributed by atoms with Gasteiger partial charge in [-0.15, -0.1) is 12.4 Å². The zero-order valence-electron chi connectivity index (χ0n) is 17.7. The van der Waals surface area contributed by atoms with Crippen LogP contribution in [0.3, 0.4) is 0 Å².